The van der Waals surface area contributed by atoms with E-state index < -0.39 is 46.9 Å². The quantitative estimate of drug-likeness (QED) is 0.420. The van der Waals surface area contributed by atoms with Crippen LogP contribution in [0.1, 0.15) is 47.5 Å². The van der Waals surface area contributed by atoms with E-state index in [-0.39, 0.29) is 26.2 Å². The second-order valence-electron chi connectivity index (χ2n) is 8.33. The van der Waals surface area contributed by atoms with Gasteiger partial charge in [0.15, 0.2) is 11.7 Å². The lowest BCUT2D eigenvalue weighted by molar-refractivity contribution is -0.309. The molecule has 0 amide bonds. The van der Waals surface area contributed by atoms with Crippen LogP contribution >= 0.6 is 0 Å². The Morgan fingerprint density at radius 1 is 1.38 bits per heavy atom. The number of aliphatic hydroxyl groups excluding tert-OH is 1. The number of carbonyl (C=O) groups is 2. The number of esters is 2. The van der Waals surface area contributed by atoms with Crippen LogP contribution in [-0.2, 0) is 33.3 Å². The highest BCUT2D eigenvalue weighted by molar-refractivity contribution is 5.74. The van der Waals surface area contributed by atoms with Gasteiger partial charge in [0.1, 0.15) is 12.9 Å². The SMILES string of the molecule is COCOCC12OC(=O)CC(C)(C(OC(C)(C)C)CC1O)C2OC(C)=O. The number of rotatable bonds is 6. The highest BCUT2D eigenvalue weighted by Gasteiger charge is 2.69. The molecule has 0 aromatic carbocycles. The van der Waals surface area contributed by atoms with Gasteiger partial charge in [-0.15, -0.1) is 0 Å². The number of methoxy groups -OCH3 is 1. The molecule has 1 saturated heterocycles. The molecular formula is C18H30O8. The first-order valence-corrected chi connectivity index (χ1v) is 8.76. The van der Waals surface area contributed by atoms with Crippen LogP contribution in [0.15, 0.2) is 0 Å². The van der Waals surface area contributed by atoms with Gasteiger partial charge < -0.3 is 28.8 Å². The van der Waals surface area contributed by atoms with Gasteiger partial charge in [-0.1, -0.05) is 6.92 Å². The van der Waals surface area contributed by atoms with Gasteiger partial charge in [-0.3, -0.25) is 9.59 Å². The Balaban J connectivity index is 2.46. The maximum absolute atomic E-state index is 12.4. The first-order chi connectivity index (χ1) is 11.9. The highest BCUT2D eigenvalue weighted by Crippen LogP contribution is 2.53. The van der Waals surface area contributed by atoms with Crippen LogP contribution in [0.4, 0.5) is 0 Å². The van der Waals surface area contributed by atoms with Crippen LogP contribution in [-0.4, -0.2) is 67.1 Å². The Labute approximate surface area is 154 Å². The molecule has 1 saturated carbocycles. The van der Waals surface area contributed by atoms with Crippen molar-refractivity contribution in [1.29, 1.82) is 0 Å². The van der Waals surface area contributed by atoms with Crippen molar-refractivity contribution in [3.8, 4) is 0 Å². The molecule has 150 valence electrons. The minimum Gasteiger partial charge on any atom is -0.457 e. The number of hydrogen-bond acceptors (Lipinski definition) is 8. The van der Waals surface area contributed by atoms with E-state index in [0.29, 0.717) is 0 Å². The zero-order valence-electron chi connectivity index (χ0n) is 16.4. The van der Waals surface area contributed by atoms with Gasteiger partial charge in [0.25, 0.3) is 0 Å². The summed E-state index contributed by atoms with van der Waals surface area (Å²) in [5.41, 5.74) is -2.85. The molecule has 8 nitrogen and oxygen atoms in total. The topological polar surface area (TPSA) is 101 Å². The van der Waals surface area contributed by atoms with Gasteiger partial charge in [0.2, 0.25) is 0 Å². The molecule has 1 aliphatic heterocycles. The molecule has 26 heavy (non-hydrogen) atoms. The van der Waals surface area contributed by atoms with Crippen molar-refractivity contribution in [2.45, 2.75) is 77.0 Å². The second-order valence-corrected chi connectivity index (χ2v) is 8.33. The normalized spacial score (nSPS) is 37.2. The molecule has 2 bridgehead atoms. The maximum atomic E-state index is 12.4. The summed E-state index contributed by atoms with van der Waals surface area (Å²) in [6.45, 7) is 8.61. The van der Waals surface area contributed by atoms with Gasteiger partial charge in [-0.25, -0.2) is 0 Å². The van der Waals surface area contributed by atoms with Gasteiger partial charge >= 0.3 is 11.9 Å². The Hall–Kier alpha value is -1.22. The average Bonchev–Trinajstić information content (AvgIpc) is 2.47. The summed E-state index contributed by atoms with van der Waals surface area (Å²) in [4.78, 5) is 24.2. The molecule has 1 heterocycles. The highest BCUT2D eigenvalue weighted by atomic mass is 16.7. The van der Waals surface area contributed by atoms with Gasteiger partial charge in [-0.2, -0.15) is 0 Å². The lowest BCUT2D eigenvalue weighted by Crippen LogP contribution is -2.74. The van der Waals surface area contributed by atoms with Crippen LogP contribution in [0.2, 0.25) is 0 Å². The third-order valence-corrected chi connectivity index (χ3v) is 4.92. The van der Waals surface area contributed by atoms with E-state index in [2.05, 4.69) is 0 Å². The first kappa shape index (κ1) is 21.1. The average molecular weight is 374 g/mol. The summed E-state index contributed by atoms with van der Waals surface area (Å²) >= 11 is 0. The van der Waals surface area contributed by atoms with Crippen LogP contribution in [0.3, 0.4) is 0 Å². The fourth-order valence-electron chi connectivity index (χ4n) is 3.96. The molecule has 0 radical (unpaired) electrons. The van der Waals surface area contributed by atoms with E-state index in [0.717, 1.165) is 0 Å². The minimum absolute atomic E-state index is 0.0183. The summed E-state index contributed by atoms with van der Waals surface area (Å²) in [6, 6.07) is 0. The fraction of sp³-hybridized carbons (Fsp3) is 0.889. The molecular weight excluding hydrogens is 344 g/mol. The second kappa shape index (κ2) is 7.42. The summed E-state index contributed by atoms with van der Waals surface area (Å²) in [5.74, 6) is -1.02. The summed E-state index contributed by atoms with van der Waals surface area (Å²) in [5, 5.41) is 10.9. The number of aliphatic hydroxyl groups is 1. The Morgan fingerprint density at radius 3 is 2.58 bits per heavy atom. The number of ether oxygens (including phenoxy) is 5. The van der Waals surface area contributed by atoms with Crippen molar-refractivity contribution in [3.63, 3.8) is 0 Å². The van der Waals surface area contributed by atoms with Gasteiger partial charge in [0.05, 0.1) is 24.7 Å². The van der Waals surface area contributed by atoms with Gasteiger partial charge in [0, 0.05) is 25.9 Å². The zero-order valence-corrected chi connectivity index (χ0v) is 16.4. The fourth-order valence-corrected chi connectivity index (χ4v) is 3.96. The predicted octanol–water partition coefficient (Wildman–Crippen LogP) is 1.18. The first-order valence-electron chi connectivity index (χ1n) is 8.76. The lowest BCUT2D eigenvalue weighted by atomic mass is 9.59. The van der Waals surface area contributed by atoms with Crippen molar-refractivity contribution in [2.75, 3.05) is 20.5 Å². The Kier molecular flexibility index (Phi) is 6.02. The van der Waals surface area contributed by atoms with Crippen molar-refractivity contribution < 1.29 is 38.4 Å². The molecule has 5 atom stereocenters. The minimum atomic E-state index is -1.49. The molecule has 0 spiro atoms. The third-order valence-electron chi connectivity index (χ3n) is 4.92. The molecule has 5 unspecified atom stereocenters. The molecule has 1 N–H and O–H groups in total. The predicted molar refractivity (Wildman–Crippen MR) is 90.2 cm³/mol. The number of hydrogen-bond donors (Lipinski definition) is 1. The monoisotopic (exact) mass is 374 g/mol. The number of carbonyl (C=O) groups excluding carboxylic acids is 2. The summed E-state index contributed by atoms with van der Waals surface area (Å²) in [7, 11) is 1.46. The smallest absolute Gasteiger partial charge is 0.307 e. The Bertz CT molecular complexity index is 542. The summed E-state index contributed by atoms with van der Waals surface area (Å²) < 4.78 is 27.6. The molecule has 0 aromatic heterocycles. The molecule has 8 heteroatoms. The van der Waals surface area contributed by atoms with Crippen LogP contribution in [0.5, 0.6) is 0 Å². The standard InChI is InChI=1S/C18H30O8/c1-11(19)24-15-17(5)8-14(21)26-18(15,9-23-10-22-6)12(20)7-13(17)25-16(2,3)4/h12-13,15,20H,7-10H2,1-6H3. The van der Waals surface area contributed by atoms with Crippen LogP contribution in [0, 0.1) is 5.41 Å². The van der Waals surface area contributed by atoms with Crippen molar-refractivity contribution >= 4 is 11.9 Å². The van der Waals surface area contributed by atoms with E-state index in [4.69, 9.17) is 23.7 Å². The zero-order chi connectivity index (χ0) is 19.8. The molecule has 0 aromatic rings. The molecule has 2 fully saturated rings. The van der Waals surface area contributed by atoms with Gasteiger partial charge in [-0.05, 0) is 20.8 Å². The van der Waals surface area contributed by atoms with E-state index in [1.807, 2.05) is 27.7 Å². The number of fused-ring (bicyclic) bond motifs is 2. The molecule has 2 rings (SSSR count). The van der Waals surface area contributed by atoms with E-state index in [1.54, 1.807) is 0 Å². The molecule has 1 aliphatic carbocycles. The van der Waals surface area contributed by atoms with E-state index >= 15 is 0 Å². The van der Waals surface area contributed by atoms with Crippen molar-refractivity contribution in [2.24, 2.45) is 5.41 Å². The maximum Gasteiger partial charge on any atom is 0.307 e. The Morgan fingerprint density at radius 2 is 2.04 bits per heavy atom. The lowest BCUT2D eigenvalue weighted by Gasteiger charge is -2.59. The summed E-state index contributed by atoms with van der Waals surface area (Å²) in [6.07, 6.45) is -2.27. The third kappa shape index (κ3) is 4.03. The van der Waals surface area contributed by atoms with E-state index in [9.17, 15) is 14.7 Å². The van der Waals surface area contributed by atoms with Crippen LogP contribution in [0.25, 0.3) is 0 Å². The van der Waals surface area contributed by atoms with Crippen LogP contribution < -0.4 is 0 Å². The van der Waals surface area contributed by atoms with Crippen molar-refractivity contribution in [3.05, 3.63) is 0 Å². The van der Waals surface area contributed by atoms with Crippen molar-refractivity contribution in [1.82, 2.24) is 0 Å². The largest absolute Gasteiger partial charge is 0.457 e. The van der Waals surface area contributed by atoms with E-state index in [1.165, 1.54) is 14.0 Å². The molecule has 2 aliphatic rings.